The van der Waals surface area contributed by atoms with Gasteiger partial charge in [-0.3, -0.25) is 0 Å². The van der Waals surface area contributed by atoms with Crippen LogP contribution >= 0.6 is 21.4 Å². The van der Waals surface area contributed by atoms with E-state index in [-0.39, 0.29) is 11.5 Å². The summed E-state index contributed by atoms with van der Waals surface area (Å²) in [5, 5.41) is 0. The molecular formula is C8H16Cl2O4S2. The average Bonchev–Trinajstić information content (AvgIpc) is 2.06. The molecule has 4 nitrogen and oxygen atoms in total. The predicted molar refractivity (Wildman–Crippen MR) is 67.0 cm³/mol. The van der Waals surface area contributed by atoms with Gasteiger partial charge in [-0.2, -0.15) is 0 Å². The van der Waals surface area contributed by atoms with Crippen LogP contribution < -0.4 is 0 Å². The van der Waals surface area contributed by atoms with E-state index >= 15 is 0 Å². The third-order valence-electron chi connectivity index (χ3n) is 2.03. The summed E-state index contributed by atoms with van der Waals surface area (Å²) in [5.74, 6) is 0.00916. The first-order valence-electron chi connectivity index (χ1n) is 5.05. The summed E-state index contributed by atoms with van der Waals surface area (Å²) in [6.45, 7) is 0. The fraction of sp³-hybridized carbons (Fsp3) is 1.00. The van der Waals surface area contributed by atoms with E-state index in [1.165, 1.54) is 0 Å². The predicted octanol–water partition coefficient (Wildman–Crippen LogP) is 2.46. The van der Waals surface area contributed by atoms with Gasteiger partial charge in [0.2, 0.25) is 18.1 Å². The van der Waals surface area contributed by atoms with Gasteiger partial charge in [0, 0.05) is 21.4 Å². The maximum atomic E-state index is 10.6. The molecule has 0 aromatic heterocycles. The number of hydrogen-bond donors (Lipinski definition) is 0. The Morgan fingerprint density at radius 3 is 1.06 bits per heavy atom. The topological polar surface area (TPSA) is 68.3 Å². The molecule has 0 aliphatic carbocycles. The van der Waals surface area contributed by atoms with Crippen molar-refractivity contribution in [3.05, 3.63) is 0 Å². The number of unbranched alkanes of at least 4 members (excludes halogenated alkanes) is 5. The molecule has 0 aromatic rings. The fourth-order valence-corrected chi connectivity index (χ4v) is 3.01. The quantitative estimate of drug-likeness (QED) is 0.484. The second-order valence-corrected chi connectivity index (χ2v) is 9.40. The summed E-state index contributed by atoms with van der Waals surface area (Å²) in [7, 11) is 3.34. The zero-order valence-electron chi connectivity index (χ0n) is 8.86. The zero-order chi connectivity index (χ0) is 12.7. The number of rotatable bonds is 9. The van der Waals surface area contributed by atoms with Gasteiger partial charge in [0.25, 0.3) is 0 Å². The molecule has 0 amide bonds. The Kier molecular flexibility index (Phi) is 7.97. The standard InChI is InChI=1S/C8H16Cl2O4S2/c9-15(11,12)7-5-3-1-2-4-6-8-16(10,13)14/h1-8H2. The van der Waals surface area contributed by atoms with E-state index in [4.69, 9.17) is 21.4 Å². The molecule has 98 valence electrons. The number of halogens is 2. The molecule has 0 saturated carbocycles. The molecule has 0 saturated heterocycles. The average molecular weight is 311 g/mol. The second-order valence-electron chi connectivity index (χ2n) is 3.61. The van der Waals surface area contributed by atoms with Crippen molar-refractivity contribution < 1.29 is 16.8 Å². The van der Waals surface area contributed by atoms with Crippen molar-refractivity contribution in [2.45, 2.75) is 38.5 Å². The molecule has 0 unspecified atom stereocenters. The van der Waals surface area contributed by atoms with Gasteiger partial charge in [-0.1, -0.05) is 25.7 Å². The second kappa shape index (κ2) is 7.74. The van der Waals surface area contributed by atoms with E-state index in [2.05, 4.69) is 0 Å². The normalized spacial score (nSPS) is 12.9. The molecule has 0 aromatic carbocycles. The third-order valence-corrected chi connectivity index (χ3v) is 4.50. The zero-order valence-corrected chi connectivity index (χ0v) is 12.0. The molecule has 0 rings (SSSR count). The Morgan fingerprint density at radius 2 is 0.812 bits per heavy atom. The van der Waals surface area contributed by atoms with Crippen LogP contribution in [0.4, 0.5) is 0 Å². The lowest BCUT2D eigenvalue weighted by molar-refractivity contribution is 0.587. The van der Waals surface area contributed by atoms with Crippen molar-refractivity contribution in [1.29, 1.82) is 0 Å². The lowest BCUT2D eigenvalue weighted by Gasteiger charge is -2.00. The smallest absolute Gasteiger partial charge is 0.212 e. The minimum atomic E-state index is -3.37. The third kappa shape index (κ3) is 14.5. The summed E-state index contributed by atoms with van der Waals surface area (Å²) < 4.78 is 42.2. The van der Waals surface area contributed by atoms with Crippen LogP contribution in [0, 0.1) is 0 Å². The van der Waals surface area contributed by atoms with Crippen LogP contribution in [0.3, 0.4) is 0 Å². The highest BCUT2D eigenvalue weighted by atomic mass is 35.7. The van der Waals surface area contributed by atoms with Crippen molar-refractivity contribution in [1.82, 2.24) is 0 Å². The Morgan fingerprint density at radius 1 is 0.562 bits per heavy atom. The fourth-order valence-electron chi connectivity index (χ4n) is 1.26. The Labute approximate surface area is 106 Å². The Hall–Kier alpha value is 0.480. The number of hydrogen-bond acceptors (Lipinski definition) is 4. The van der Waals surface area contributed by atoms with E-state index in [1.54, 1.807) is 0 Å². The molecular weight excluding hydrogens is 295 g/mol. The Balaban J connectivity index is 3.29. The van der Waals surface area contributed by atoms with Crippen LogP contribution in [0.25, 0.3) is 0 Å². The molecule has 8 heteroatoms. The molecule has 0 radical (unpaired) electrons. The molecule has 16 heavy (non-hydrogen) atoms. The van der Waals surface area contributed by atoms with Gasteiger partial charge in [-0.05, 0) is 12.8 Å². The van der Waals surface area contributed by atoms with Gasteiger partial charge in [0.15, 0.2) is 0 Å². The molecule has 0 fully saturated rings. The Bertz CT molecular complexity index is 337. The first-order valence-corrected chi connectivity index (χ1v) is 10.0. The monoisotopic (exact) mass is 310 g/mol. The lowest BCUT2D eigenvalue weighted by Crippen LogP contribution is -1.98. The van der Waals surface area contributed by atoms with Crippen LogP contribution in [-0.2, 0) is 18.1 Å². The molecule has 0 aliphatic rings. The largest absolute Gasteiger partial charge is 0.232 e. The summed E-state index contributed by atoms with van der Waals surface area (Å²) in [6, 6.07) is 0. The van der Waals surface area contributed by atoms with Crippen LogP contribution in [0.2, 0.25) is 0 Å². The molecule has 0 spiro atoms. The highest BCUT2D eigenvalue weighted by molar-refractivity contribution is 8.14. The van der Waals surface area contributed by atoms with Crippen LogP contribution in [0.1, 0.15) is 38.5 Å². The summed E-state index contributed by atoms with van der Waals surface area (Å²) in [5.41, 5.74) is 0. The van der Waals surface area contributed by atoms with Crippen LogP contribution in [-0.4, -0.2) is 28.3 Å². The first kappa shape index (κ1) is 16.5. The first-order chi connectivity index (χ1) is 7.21. The molecule has 0 atom stereocenters. The van der Waals surface area contributed by atoms with Crippen molar-refractivity contribution >= 4 is 39.5 Å². The van der Waals surface area contributed by atoms with Crippen molar-refractivity contribution in [2.24, 2.45) is 0 Å². The van der Waals surface area contributed by atoms with E-state index in [1.807, 2.05) is 0 Å². The minimum Gasteiger partial charge on any atom is -0.212 e. The minimum absolute atomic E-state index is 0.00458. The highest BCUT2D eigenvalue weighted by Gasteiger charge is 2.05. The van der Waals surface area contributed by atoms with Gasteiger partial charge < -0.3 is 0 Å². The van der Waals surface area contributed by atoms with Crippen molar-refractivity contribution in [3.63, 3.8) is 0 Å². The van der Waals surface area contributed by atoms with Gasteiger partial charge in [0.1, 0.15) is 0 Å². The van der Waals surface area contributed by atoms with Gasteiger partial charge in [-0.25, -0.2) is 16.8 Å². The molecule has 0 heterocycles. The molecule has 0 N–H and O–H groups in total. The molecule has 0 aliphatic heterocycles. The van der Waals surface area contributed by atoms with Crippen LogP contribution in [0.5, 0.6) is 0 Å². The SMILES string of the molecule is O=S(=O)(Cl)CCCCCCCCS(=O)(=O)Cl. The van der Waals surface area contributed by atoms with Crippen molar-refractivity contribution in [2.75, 3.05) is 11.5 Å². The van der Waals surface area contributed by atoms with E-state index in [0.29, 0.717) is 12.8 Å². The van der Waals surface area contributed by atoms with Gasteiger partial charge >= 0.3 is 0 Å². The van der Waals surface area contributed by atoms with Crippen LogP contribution in [0.15, 0.2) is 0 Å². The van der Waals surface area contributed by atoms with E-state index in [9.17, 15) is 16.8 Å². The summed E-state index contributed by atoms with van der Waals surface area (Å²) in [6.07, 6.45) is 4.46. The van der Waals surface area contributed by atoms with E-state index < -0.39 is 18.1 Å². The summed E-state index contributed by atoms with van der Waals surface area (Å²) >= 11 is 0. The van der Waals surface area contributed by atoms with Gasteiger partial charge in [-0.15, -0.1) is 0 Å². The van der Waals surface area contributed by atoms with E-state index in [0.717, 1.165) is 25.7 Å². The maximum absolute atomic E-state index is 10.6. The molecule has 0 bridgehead atoms. The van der Waals surface area contributed by atoms with Gasteiger partial charge in [0.05, 0.1) is 11.5 Å². The highest BCUT2D eigenvalue weighted by Crippen LogP contribution is 2.10. The maximum Gasteiger partial charge on any atom is 0.232 e. The van der Waals surface area contributed by atoms with Crippen molar-refractivity contribution in [3.8, 4) is 0 Å². The summed E-state index contributed by atoms with van der Waals surface area (Å²) in [4.78, 5) is 0. The lowest BCUT2D eigenvalue weighted by atomic mass is 10.1.